The van der Waals surface area contributed by atoms with Gasteiger partial charge in [0.15, 0.2) is 5.15 Å². The van der Waals surface area contributed by atoms with E-state index in [4.69, 9.17) is 11.6 Å². The number of aromatic nitrogens is 2. The Morgan fingerprint density at radius 2 is 2.70 bits per heavy atom. The lowest BCUT2D eigenvalue weighted by Crippen LogP contribution is -1.72. The maximum absolute atomic E-state index is 5.65. The fraction of sp³-hybridized carbons (Fsp3) is 0.286. The van der Waals surface area contributed by atoms with E-state index in [1.165, 1.54) is 0 Å². The van der Waals surface area contributed by atoms with Crippen molar-refractivity contribution in [2.24, 2.45) is 0 Å². The van der Waals surface area contributed by atoms with Crippen LogP contribution in [0.5, 0.6) is 0 Å². The summed E-state index contributed by atoms with van der Waals surface area (Å²) in [6.07, 6.45) is 7.37. The molecule has 0 saturated heterocycles. The van der Waals surface area contributed by atoms with Gasteiger partial charge in [0, 0.05) is 6.08 Å². The predicted octanol–water partition coefficient (Wildman–Crippen LogP) is 2.18. The van der Waals surface area contributed by atoms with Crippen molar-refractivity contribution in [1.82, 2.24) is 9.97 Å². The molecule has 0 bridgehead atoms. The van der Waals surface area contributed by atoms with Gasteiger partial charge in [-0.25, -0.2) is 4.98 Å². The summed E-state index contributed by atoms with van der Waals surface area (Å²) in [5.41, 5.74) is 0.753. The van der Waals surface area contributed by atoms with E-state index >= 15 is 0 Å². The first-order chi connectivity index (χ1) is 4.84. The van der Waals surface area contributed by atoms with Crippen LogP contribution in [-0.2, 0) is 0 Å². The lowest BCUT2D eigenvalue weighted by molar-refractivity contribution is 1.20. The molecular formula is C7H8ClN2. The Morgan fingerprint density at radius 1 is 1.90 bits per heavy atom. The molecule has 0 spiro atoms. The molecule has 0 aliphatic heterocycles. The van der Waals surface area contributed by atoms with Crippen LogP contribution in [0, 0.1) is 6.08 Å². The van der Waals surface area contributed by atoms with Crippen molar-refractivity contribution >= 4 is 11.6 Å². The highest BCUT2D eigenvalue weighted by Gasteiger charge is 1.95. The molecule has 10 heavy (non-hydrogen) atoms. The first-order valence-corrected chi connectivity index (χ1v) is 3.49. The van der Waals surface area contributed by atoms with Crippen LogP contribution in [0.1, 0.15) is 19.0 Å². The summed E-state index contributed by atoms with van der Waals surface area (Å²) >= 11 is 5.65. The minimum atomic E-state index is 0.477. The highest BCUT2D eigenvalue weighted by Crippen LogP contribution is 2.08. The SMILES string of the molecule is CCC=[C]c1[nH]cnc1Cl. The van der Waals surface area contributed by atoms with E-state index in [-0.39, 0.29) is 0 Å². The van der Waals surface area contributed by atoms with Crippen LogP contribution in [0.2, 0.25) is 5.15 Å². The first kappa shape index (κ1) is 7.35. The average molecular weight is 156 g/mol. The van der Waals surface area contributed by atoms with Gasteiger partial charge in [0.1, 0.15) is 0 Å². The molecule has 0 amide bonds. The van der Waals surface area contributed by atoms with Gasteiger partial charge in [-0.3, -0.25) is 0 Å². The molecule has 0 fully saturated rings. The maximum atomic E-state index is 5.65. The summed E-state index contributed by atoms with van der Waals surface area (Å²) in [5, 5.41) is 0.477. The zero-order valence-electron chi connectivity index (χ0n) is 5.69. The molecule has 1 aromatic rings. The van der Waals surface area contributed by atoms with Crippen LogP contribution < -0.4 is 0 Å². The smallest absolute Gasteiger partial charge is 0.154 e. The van der Waals surface area contributed by atoms with Crippen LogP contribution in [0.3, 0.4) is 0 Å². The Hall–Kier alpha value is -0.760. The van der Waals surface area contributed by atoms with E-state index in [1.54, 1.807) is 6.33 Å². The fourth-order valence-corrected chi connectivity index (χ4v) is 0.741. The fourth-order valence-electron chi connectivity index (χ4n) is 0.583. The molecular weight excluding hydrogens is 148 g/mol. The van der Waals surface area contributed by atoms with Crippen molar-refractivity contribution in [1.29, 1.82) is 0 Å². The molecule has 1 aromatic heterocycles. The quantitative estimate of drug-likeness (QED) is 0.697. The zero-order valence-corrected chi connectivity index (χ0v) is 6.44. The third-order valence-electron chi connectivity index (χ3n) is 1.04. The minimum Gasteiger partial charge on any atom is -0.343 e. The Kier molecular flexibility index (Phi) is 2.51. The zero-order chi connectivity index (χ0) is 7.40. The van der Waals surface area contributed by atoms with Gasteiger partial charge in [-0.15, -0.1) is 0 Å². The Balaban J connectivity index is 2.74. The van der Waals surface area contributed by atoms with Gasteiger partial charge in [-0.05, 0) is 6.42 Å². The number of aromatic amines is 1. The van der Waals surface area contributed by atoms with Crippen molar-refractivity contribution in [3.63, 3.8) is 0 Å². The number of H-pyrrole nitrogens is 1. The van der Waals surface area contributed by atoms with Gasteiger partial charge in [0.2, 0.25) is 0 Å². The van der Waals surface area contributed by atoms with Crippen molar-refractivity contribution in [2.45, 2.75) is 13.3 Å². The molecule has 1 heterocycles. The number of nitrogens with one attached hydrogen (secondary N) is 1. The topological polar surface area (TPSA) is 28.7 Å². The highest BCUT2D eigenvalue weighted by atomic mass is 35.5. The Morgan fingerprint density at radius 3 is 3.20 bits per heavy atom. The molecule has 1 rings (SSSR count). The van der Waals surface area contributed by atoms with Crippen molar-refractivity contribution in [3.8, 4) is 0 Å². The second-order valence-corrected chi connectivity index (χ2v) is 2.18. The maximum Gasteiger partial charge on any atom is 0.154 e. The lowest BCUT2D eigenvalue weighted by atomic mass is 10.3. The van der Waals surface area contributed by atoms with Crippen molar-refractivity contribution in [2.75, 3.05) is 0 Å². The third kappa shape index (κ3) is 1.61. The molecule has 1 N–H and O–H groups in total. The van der Waals surface area contributed by atoms with E-state index in [1.807, 2.05) is 13.0 Å². The predicted molar refractivity (Wildman–Crippen MR) is 40.8 cm³/mol. The van der Waals surface area contributed by atoms with Crippen LogP contribution in [0.4, 0.5) is 0 Å². The van der Waals surface area contributed by atoms with E-state index in [9.17, 15) is 0 Å². The molecule has 0 unspecified atom stereocenters. The van der Waals surface area contributed by atoms with Crippen LogP contribution in [0.25, 0.3) is 0 Å². The van der Waals surface area contributed by atoms with E-state index in [0.717, 1.165) is 12.1 Å². The molecule has 3 heteroatoms. The third-order valence-corrected chi connectivity index (χ3v) is 1.33. The van der Waals surface area contributed by atoms with Gasteiger partial charge >= 0.3 is 0 Å². The minimum absolute atomic E-state index is 0.477. The molecule has 0 aliphatic rings. The average Bonchev–Trinajstić information content (AvgIpc) is 2.31. The number of nitrogens with zero attached hydrogens (tertiary/aromatic N) is 1. The largest absolute Gasteiger partial charge is 0.343 e. The number of imidazole rings is 1. The van der Waals surface area contributed by atoms with Crippen LogP contribution >= 0.6 is 11.6 Å². The summed E-state index contributed by atoms with van der Waals surface area (Å²) in [7, 11) is 0. The highest BCUT2D eigenvalue weighted by molar-refractivity contribution is 6.30. The summed E-state index contributed by atoms with van der Waals surface area (Å²) in [5.74, 6) is 0. The number of hydrogen-bond acceptors (Lipinski definition) is 1. The van der Waals surface area contributed by atoms with Crippen molar-refractivity contribution in [3.05, 3.63) is 29.3 Å². The first-order valence-electron chi connectivity index (χ1n) is 3.11. The van der Waals surface area contributed by atoms with Gasteiger partial charge in [-0.1, -0.05) is 24.6 Å². The Labute approximate surface area is 64.9 Å². The van der Waals surface area contributed by atoms with Gasteiger partial charge in [0.25, 0.3) is 0 Å². The molecule has 1 radical (unpaired) electrons. The molecule has 0 aliphatic carbocycles. The summed E-state index contributed by atoms with van der Waals surface area (Å²) < 4.78 is 0. The summed E-state index contributed by atoms with van der Waals surface area (Å²) in [6.45, 7) is 2.04. The summed E-state index contributed by atoms with van der Waals surface area (Å²) in [4.78, 5) is 6.65. The van der Waals surface area contributed by atoms with Crippen molar-refractivity contribution < 1.29 is 0 Å². The molecule has 0 aromatic carbocycles. The van der Waals surface area contributed by atoms with Gasteiger partial charge in [0.05, 0.1) is 12.0 Å². The van der Waals surface area contributed by atoms with Crippen LogP contribution in [0.15, 0.2) is 12.4 Å². The monoisotopic (exact) mass is 155 g/mol. The normalized spacial score (nSPS) is 11.0. The van der Waals surface area contributed by atoms with Gasteiger partial charge in [-0.2, -0.15) is 0 Å². The van der Waals surface area contributed by atoms with E-state index in [0.29, 0.717) is 5.15 Å². The second-order valence-electron chi connectivity index (χ2n) is 1.83. The van der Waals surface area contributed by atoms with E-state index < -0.39 is 0 Å². The lowest BCUT2D eigenvalue weighted by Gasteiger charge is -1.82. The number of allylic oxidation sites excluding steroid dienone is 1. The second kappa shape index (κ2) is 3.42. The standard InChI is InChI=1S/C7H8ClN2/c1-2-3-4-6-7(8)10-5-9-6/h3,5H,2H2,1H3,(H,9,10). The molecule has 53 valence electrons. The van der Waals surface area contributed by atoms with Crippen LogP contribution in [-0.4, -0.2) is 9.97 Å². The summed E-state index contributed by atoms with van der Waals surface area (Å²) in [6, 6.07) is 0. The number of hydrogen-bond donors (Lipinski definition) is 1. The molecule has 0 atom stereocenters. The van der Waals surface area contributed by atoms with Gasteiger partial charge < -0.3 is 4.98 Å². The number of halogens is 1. The van der Waals surface area contributed by atoms with E-state index in [2.05, 4.69) is 16.0 Å². The molecule has 2 nitrogen and oxygen atoms in total. The number of rotatable bonds is 2. The molecule has 0 saturated carbocycles. The Bertz CT molecular complexity index is 227.